The van der Waals surface area contributed by atoms with Gasteiger partial charge in [-0.2, -0.15) is 5.10 Å². The molecule has 110 valence electrons. The second kappa shape index (κ2) is 6.80. The molecule has 0 atom stereocenters. The van der Waals surface area contributed by atoms with Gasteiger partial charge in [-0.25, -0.2) is 0 Å². The van der Waals surface area contributed by atoms with Crippen molar-refractivity contribution in [2.45, 2.75) is 36.5 Å². The molecule has 0 unspecified atom stereocenters. The maximum Gasteiger partial charge on any atom is 0.235 e. The lowest BCUT2D eigenvalue weighted by Gasteiger charge is -2.03. The van der Waals surface area contributed by atoms with Crippen molar-refractivity contribution in [2.24, 2.45) is 0 Å². The molecular weight excluding hydrogens is 282 g/mol. The third-order valence-electron chi connectivity index (χ3n) is 3.77. The predicted molar refractivity (Wildman–Crippen MR) is 85.6 cm³/mol. The second-order valence-corrected chi connectivity index (χ2v) is 6.39. The van der Waals surface area contributed by atoms with Crippen LogP contribution in [0.3, 0.4) is 0 Å². The van der Waals surface area contributed by atoms with E-state index in [0.29, 0.717) is 17.5 Å². The van der Waals surface area contributed by atoms with E-state index < -0.39 is 0 Å². The Labute approximate surface area is 128 Å². The second-order valence-electron chi connectivity index (χ2n) is 5.34. The molecule has 0 aliphatic heterocycles. The van der Waals surface area contributed by atoms with E-state index in [1.807, 2.05) is 36.4 Å². The number of aromatic nitrogens is 2. The van der Waals surface area contributed by atoms with Gasteiger partial charge in [0.15, 0.2) is 5.82 Å². The summed E-state index contributed by atoms with van der Waals surface area (Å²) in [6.45, 7) is 0. The van der Waals surface area contributed by atoms with Crippen molar-refractivity contribution in [1.29, 1.82) is 0 Å². The van der Waals surface area contributed by atoms with Crippen molar-refractivity contribution < 1.29 is 4.79 Å². The molecule has 1 aliphatic carbocycles. The maximum atomic E-state index is 11.9. The zero-order valence-electron chi connectivity index (χ0n) is 11.8. The molecule has 0 spiro atoms. The average Bonchev–Trinajstić information content (AvgIpc) is 3.17. The molecule has 1 aromatic carbocycles. The number of hydrogen-bond donors (Lipinski definition) is 2. The summed E-state index contributed by atoms with van der Waals surface area (Å²) in [7, 11) is 0. The largest absolute Gasteiger partial charge is 0.308 e. The summed E-state index contributed by atoms with van der Waals surface area (Å²) < 4.78 is 0. The highest BCUT2D eigenvalue weighted by Gasteiger charge is 2.19. The van der Waals surface area contributed by atoms with Gasteiger partial charge in [0.1, 0.15) is 0 Å². The zero-order chi connectivity index (χ0) is 14.5. The van der Waals surface area contributed by atoms with Crippen LogP contribution in [0.1, 0.15) is 37.3 Å². The Morgan fingerprint density at radius 2 is 2.05 bits per heavy atom. The smallest absolute Gasteiger partial charge is 0.235 e. The Bertz CT molecular complexity index is 591. The van der Waals surface area contributed by atoms with Crippen LogP contribution in [0.2, 0.25) is 0 Å². The molecule has 2 aromatic rings. The van der Waals surface area contributed by atoms with E-state index in [0.717, 1.165) is 10.6 Å². The molecule has 21 heavy (non-hydrogen) atoms. The van der Waals surface area contributed by atoms with Gasteiger partial charge in [0.05, 0.1) is 5.75 Å². The number of hydrogen-bond acceptors (Lipinski definition) is 3. The van der Waals surface area contributed by atoms with E-state index in [2.05, 4.69) is 15.5 Å². The van der Waals surface area contributed by atoms with Crippen LogP contribution in [-0.2, 0) is 4.79 Å². The van der Waals surface area contributed by atoms with Crippen LogP contribution in [0.25, 0.3) is 0 Å². The van der Waals surface area contributed by atoms with E-state index in [9.17, 15) is 4.79 Å². The monoisotopic (exact) mass is 301 g/mol. The van der Waals surface area contributed by atoms with Gasteiger partial charge in [0.2, 0.25) is 5.91 Å². The van der Waals surface area contributed by atoms with Gasteiger partial charge in [-0.05, 0) is 25.0 Å². The van der Waals surface area contributed by atoms with Gasteiger partial charge in [-0.3, -0.25) is 9.89 Å². The first kappa shape index (κ1) is 14.2. The molecule has 5 heteroatoms. The van der Waals surface area contributed by atoms with Crippen LogP contribution >= 0.6 is 11.8 Å². The molecular formula is C16H19N3OS. The quantitative estimate of drug-likeness (QED) is 0.826. The number of rotatable bonds is 5. The molecule has 0 saturated heterocycles. The van der Waals surface area contributed by atoms with E-state index in [1.165, 1.54) is 37.4 Å². The number of amides is 1. The Hall–Kier alpha value is -1.75. The zero-order valence-corrected chi connectivity index (χ0v) is 12.7. The number of benzene rings is 1. The first-order chi connectivity index (χ1) is 10.3. The summed E-state index contributed by atoms with van der Waals surface area (Å²) in [6.07, 6.45) is 5.02. The summed E-state index contributed by atoms with van der Waals surface area (Å²) >= 11 is 1.53. The fourth-order valence-electron chi connectivity index (χ4n) is 2.69. The predicted octanol–water partition coefficient (Wildman–Crippen LogP) is 3.80. The summed E-state index contributed by atoms with van der Waals surface area (Å²) in [5.74, 6) is 1.60. The topological polar surface area (TPSA) is 57.8 Å². The normalized spacial score (nSPS) is 15.2. The standard InChI is InChI=1S/C16H19N3OS/c20-16(11-21-13-8-2-1-3-9-13)17-15-10-14(18-19-15)12-6-4-5-7-12/h1-3,8-10,12H,4-7,11H2,(H2,17,18,19,20). The van der Waals surface area contributed by atoms with Gasteiger partial charge in [0, 0.05) is 22.6 Å². The van der Waals surface area contributed by atoms with Crippen molar-refractivity contribution in [3.05, 3.63) is 42.1 Å². The number of H-pyrrole nitrogens is 1. The Morgan fingerprint density at radius 3 is 2.81 bits per heavy atom. The third-order valence-corrected chi connectivity index (χ3v) is 4.79. The molecule has 1 fully saturated rings. The molecule has 1 heterocycles. The lowest BCUT2D eigenvalue weighted by molar-refractivity contribution is -0.113. The maximum absolute atomic E-state index is 11.9. The number of aromatic amines is 1. The van der Waals surface area contributed by atoms with Crippen LogP contribution < -0.4 is 5.32 Å². The Balaban J connectivity index is 1.50. The van der Waals surface area contributed by atoms with Crippen molar-refractivity contribution >= 4 is 23.5 Å². The number of nitrogens with zero attached hydrogens (tertiary/aromatic N) is 1. The highest BCUT2D eigenvalue weighted by molar-refractivity contribution is 8.00. The average molecular weight is 301 g/mol. The van der Waals surface area contributed by atoms with Crippen LogP contribution in [-0.4, -0.2) is 21.9 Å². The van der Waals surface area contributed by atoms with Gasteiger partial charge < -0.3 is 5.32 Å². The lowest BCUT2D eigenvalue weighted by atomic mass is 10.0. The van der Waals surface area contributed by atoms with Gasteiger partial charge >= 0.3 is 0 Å². The molecule has 2 N–H and O–H groups in total. The number of carbonyl (C=O) groups excluding carboxylic acids is 1. The van der Waals surface area contributed by atoms with Crippen molar-refractivity contribution in [3.8, 4) is 0 Å². The molecule has 4 nitrogen and oxygen atoms in total. The Morgan fingerprint density at radius 1 is 1.29 bits per heavy atom. The third kappa shape index (κ3) is 3.88. The van der Waals surface area contributed by atoms with Crippen molar-refractivity contribution in [3.63, 3.8) is 0 Å². The first-order valence-electron chi connectivity index (χ1n) is 7.34. The van der Waals surface area contributed by atoms with Crippen LogP contribution in [0, 0.1) is 0 Å². The van der Waals surface area contributed by atoms with Gasteiger partial charge in [-0.15, -0.1) is 11.8 Å². The molecule has 1 amide bonds. The summed E-state index contributed by atoms with van der Waals surface area (Å²) in [5.41, 5.74) is 1.15. The Kier molecular flexibility index (Phi) is 4.60. The SMILES string of the molecule is O=C(CSc1ccccc1)Nc1cc(C2CCCC2)[nH]n1. The minimum Gasteiger partial charge on any atom is -0.308 e. The first-order valence-corrected chi connectivity index (χ1v) is 8.33. The number of anilines is 1. The van der Waals surface area contributed by atoms with E-state index in [1.54, 1.807) is 0 Å². The van der Waals surface area contributed by atoms with E-state index >= 15 is 0 Å². The fourth-order valence-corrected chi connectivity index (χ4v) is 3.41. The van der Waals surface area contributed by atoms with Crippen LogP contribution in [0.15, 0.2) is 41.3 Å². The van der Waals surface area contributed by atoms with Crippen molar-refractivity contribution in [1.82, 2.24) is 10.2 Å². The summed E-state index contributed by atoms with van der Waals surface area (Å²) in [6, 6.07) is 11.9. The molecule has 0 bridgehead atoms. The van der Waals surface area contributed by atoms with Crippen LogP contribution in [0.4, 0.5) is 5.82 Å². The van der Waals surface area contributed by atoms with Gasteiger partial charge in [-0.1, -0.05) is 31.0 Å². The van der Waals surface area contributed by atoms with E-state index in [4.69, 9.17) is 0 Å². The number of nitrogens with one attached hydrogen (secondary N) is 2. The molecule has 3 rings (SSSR count). The van der Waals surface area contributed by atoms with Crippen molar-refractivity contribution in [2.75, 3.05) is 11.1 Å². The highest BCUT2D eigenvalue weighted by atomic mass is 32.2. The minimum atomic E-state index is -0.0201. The molecule has 0 radical (unpaired) electrons. The van der Waals surface area contributed by atoms with Crippen LogP contribution in [0.5, 0.6) is 0 Å². The van der Waals surface area contributed by atoms with Gasteiger partial charge in [0.25, 0.3) is 0 Å². The highest BCUT2D eigenvalue weighted by Crippen LogP contribution is 2.33. The molecule has 1 saturated carbocycles. The summed E-state index contributed by atoms with van der Waals surface area (Å²) in [5, 5.41) is 10.1. The molecule has 1 aliphatic rings. The number of thioether (sulfide) groups is 1. The summed E-state index contributed by atoms with van der Waals surface area (Å²) in [4.78, 5) is 13.0. The number of carbonyl (C=O) groups is 1. The fraction of sp³-hybridized carbons (Fsp3) is 0.375. The lowest BCUT2D eigenvalue weighted by Crippen LogP contribution is -2.14. The molecule has 1 aromatic heterocycles. The minimum absolute atomic E-state index is 0.0201. The van der Waals surface area contributed by atoms with E-state index in [-0.39, 0.29) is 5.91 Å².